The minimum atomic E-state index is -1.06. The fourth-order valence-corrected chi connectivity index (χ4v) is 2.03. The van der Waals surface area contributed by atoms with E-state index in [2.05, 4.69) is 20.3 Å². The van der Waals surface area contributed by atoms with E-state index < -0.39 is 5.97 Å². The molecule has 2 aromatic rings. The fourth-order valence-electron chi connectivity index (χ4n) is 1.48. The summed E-state index contributed by atoms with van der Waals surface area (Å²) in [5, 5.41) is 14.9. The van der Waals surface area contributed by atoms with Gasteiger partial charge in [0.1, 0.15) is 10.8 Å². The zero-order valence-electron chi connectivity index (χ0n) is 10.6. The number of rotatable bonds is 5. The summed E-state index contributed by atoms with van der Waals surface area (Å²) in [6.07, 6.45) is 3.22. The van der Waals surface area contributed by atoms with Crippen molar-refractivity contribution in [1.29, 1.82) is 0 Å². The molecule has 0 aromatic carbocycles. The Balaban J connectivity index is 2.21. The van der Waals surface area contributed by atoms with Gasteiger partial charge in [0.05, 0.1) is 18.4 Å². The maximum atomic E-state index is 11.2. The number of aromatic nitrogens is 3. The number of carbonyl (C=O) groups is 1. The van der Waals surface area contributed by atoms with Crippen molar-refractivity contribution in [1.82, 2.24) is 15.0 Å². The van der Waals surface area contributed by atoms with Gasteiger partial charge in [-0.2, -0.15) is 0 Å². The van der Waals surface area contributed by atoms with Crippen molar-refractivity contribution < 1.29 is 9.90 Å². The summed E-state index contributed by atoms with van der Waals surface area (Å²) in [6.45, 7) is 4.30. The van der Waals surface area contributed by atoms with E-state index in [-0.39, 0.29) is 11.6 Å². The summed E-state index contributed by atoms with van der Waals surface area (Å²) < 4.78 is 0. The number of aromatic carboxylic acids is 1. The van der Waals surface area contributed by atoms with Crippen molar-refractivity contribution >= 4 is 23.0 Å². The van der Waals surface area contributed by atoms with Crippen molar-refractivity contribution in [2.24, 2.45) is 0 Å². The van der Waals surface area contributed by atoms with Gasteiger partial charge in [0.2, 0.25) is 0 Å². The van der Waals surface area contributed by atoms with Crippen molar-refractivity contribution in [2.45, 2.75) is 26.3 Å². The number of carboxylic acid groups (broad SMARTS) is 1. The summed E-state index contributed by atoms with van der Waals surface area (Å²) >= 11 is 1.50. The van der Waals surface area contributed by atoms with Gasteiger partial charge >= 0.3 is 5.97 Å². The van der Waals surface area contributed by atoms with Crippen LogP contribution in [0.15, 0.2) is 17.8 Å². The van der Waals surface area contributed by atoms with Crippen LogP contribution in [-0.2, 0) is 6.54 Å². The number of hydrogen-bond donors (Lipinski definition) is 2. The number of nitrogens with zero attached hydrogens (tertiary/aromatic N) is 3. The van der Waals surface area contributed by atoms with Crippen LogP contribution in [0.25, 0.3) is 0 Å². The van der Waals surface area contributed by atoms with E-state index in [1.165, 1.54) is 17.5 Å². The number of anilines is 1. The van der Waals surface area contributed by atoms with Gasteiger partial charge < -0.3 is 10.4 Å². The zero-order valence-corrected chi connectivity index (χ0v) is 11.4. The Morgan fingerprint density at radius 2 is 2.26 bits per heavy atom. The lowest BCUT2D eigenvalue weighted by molar-refractivity contribution is 0.0691. The fraction of sp³-hybridized carbons (Fsp3) is 0.333. The molecule has 0 radical (unpaired) electrons. The van der Waals surface area contributed by atoms with Crippen LogP contribution in [0.1, 0.15) is 41.1 Å². The van der Waals surface area contributed by atoms with Crippen LogP contribution in [-0.4, -0.2) is 26.0 Å². The van der Waals surface area contributed by atoms with Gasteiger partial charge in [-0.05, 0) is 0 Å². The number of hydrogen-bond acceptors (Lipinski definition) is 6. The molecule has 2 N–H and O–H groups in total. The van der Waals surface area contributed by atoms with Crippen LogP contribution in [0.5, 0.6) is 0 Å². The minimum absolute atomic E-state index is 0.00439. The molecule has 19 heavy (non-hydrogen) atoms. The second-order valence-electron chi connectivity index (χ2n) is 4.23. The molecule has 0 fully saturated rings. The van der Waals surface area contributed by atoms with Crippen molar-refractivity contribution in [3.05, 3.63) is 34.3 Å². The molecule has 0 aliphatic carbocycles. The highest BCUT2D eigenvalue weighted by atomic mass is 32.1. The molecule has 6 nitrogen and oxygen atoms in total. The summed E-state index contributed by atoms with van der Waals surface area (Å²) in [4.78, 5) is 23.6. The topological polar surface area (TPSA) is 88.0 Å². The highest BCUT2D eigenvalue weighted by molar-refractivity contribution is 7.09. The van der Waals surface area contributed by atoms with E-state index in [1.54, 1.807) is 6.20 Å². The number of nitrogens with one attached hydrogen (secondary N) is 1. The molecule has 100 valence electrons. The summed E-state index contributed by atoms with van der Waals surface area (Å²) in [7, 11) is 0. The second-order valence-corrected chi connectivity index (χ2v) is 5.21. The van der Waals surface area contributed by atoms with E-state index in [0.29, 0.717) is 18.1 Å². The average molecular weight is 278 g/mol. The lowest BCUT2D eigenvalue weighted by atomic mass is 10.2. The monoisotopic (exact) mass is 278 g/mol. The molecule has 2 rings (SSSR count). The van der Waals surface area contributed by atoms with E-state index in [4.69, 9.17) is 0 Å². The molecule has 0 unspecified atom stereocenters. The number of carboxylic acids is 1. The molecule has 0 saturated heterocycles. The quantitative estimate of drug-likeness (QED) is 0.873. The molecule has 0 bridgehead atoms. The predicted octanol–water partition coefficient (Wildman–Crippen LogP) is 2.37. The van der Waals surface area contributed by atoms with Crippen LogP contribution >= 0.6 is 11.3 Å². The molecule has 0 aliphatic heterocycles. The Morgan fingerprint density at radius 3 is 2.84 bits per heavy atom. The SMILES string of the molecule is CC(C)c1ncc(NCc2nccs2)c(C(=O)O)n1. The molecule has 0 atom stereocenters. The Morgan fingerprint density at radius 1 is 1.47 bits per heavy atom. The smallest absolute Gasteiger partial charge is 0.356 e. The van der Waals surface area contributed by atoms with Gasteiger partial charge in [-0.3, -0.25) is 0 Å². The Bertz CT molecular complexity index is 569. The predicted molar refractivity (Wildman–Crippen MR) is 72.5 cm³/mol. The van der Waals surface area contributed by atoms with Crippen molar-refractivity contribution in [3.63, 3.8) is 0 Å². The van der Waals surface area contributed by atoms with Crippen molar-refractivity contribution in [2.75, 3.05) is 5.32 Å². The molecule has 0 saturated carbocycles. The first-order valence-corrected chi connectivity index (χ1v) is 6.68. The first-order chi connectivity index (χ1) is 9.08. The Labute approximate surface area is 114 Å². The van der Waals surface area contributed by atoms with E-state index in [9.17, 15) is 9.90 Å². The van der Waals surface area contributed by atoms with Gasteiger partial charge in [-0.15, -0.1) is 11.3 Å². The normalized spacial score (nSPS) is 10.7. The molecular formula is C12H14N4O2S. The van der Waals surface area contributed by atoms with Crippen LogP contribution in [0, 0.1) is 0 Å². The molecule has 0 aliphatic rings. The molecule has 2 heterocycles. The molecule has 0 spiro atoms. The van der Waals surface area contributed by atoms with Crippen LogP contribution in [0.4, 0.5) is 5.69 Å². The van der Waals surface area contributed by atoms with Crippen molar-refractivity contribution in [3.8, 4) is 0 Å². The Kier molecular flexibility index (Phi) is 4.06. The van der Waals surface area contributed by atoms with Gasteiger partial charge in [-0.25, -0.2) is 19.7 Å². The van der Waals surface area contributed by atoms with Gasteiger partial charge in [0.15, 0.2) is 5.69 Å². The average Bonchev–Trinajstić information content (AvgIpc) is 2.89. The summed E-state index contributed by atoms with van der Waals surface area (Å²) in [5.74, 6) is -0.450. The number of thiazole rings is 1. The van der Waals surface area contributed by atoms with Crippen LogP contribution in [0.2, 0.25) is 0 Å². The largest absolute Gasteiger partial charge is 0.476 e. The third kappa shape index (κ3) is 3.25. The zero-order chi connectivity index (χ0) is 13.8. The van der Waals surface area contributed by atoms with Crippen LogP contribution < -0.4 is 5.32 Å². The highest BCUT2D eigenvalue weighted by Crippen LogP contribution is 2.17. The van der Waals surface area contributed by atoms with Gasteiger partial charge in [0, 0.05) is 17.5 Å². The third-order valence-electron chi connectivity index (χ3n) is 2.44. The first-order valence-electron chi connectivity index (χ1n) is 5.80. The summed E-state index contributed by atoms with van der Waals surface area (Å²) in [5.41, 5.74) is 0.405. The van der Waals surface area contributed by atoms with E-state index in [1.807, 2.05) is 19.2 Å². The molecular weight excluding hydrogens is 264 g/mol. The van der Waals surface area contributed by atoms with Gasteiger partial charge in [-0.1, -0.05) is 13.8 Å². The lowest BCUT2D eigenvalue weighted by Crippen LogP contribution is -2.12. The van der Waals surface area contributed by atoms with E-state index >= 15 is 0 Å². The Hall–Kier alpha value is -2.02. The van der Waals surface area contributed by atoms with Gasteiger partial charge in [0.25, 0.3) is 0 Å². The lowest BCUT2D eigenvalue weighted by Gasteiger charge is -2.10. The standard InChI is InChI=1S/C12H14N4O2S/c1-7(2)11-15-5-8(10(16-11)12(17)18)14-6-9-13-3-4-19-9/h3-5,7,14H,6H2,1-2H3,(H,17,18). The minimum Gasteiger partial charge on any atom is -0.476 e. The van der Waals surface area contributed by atoms with E-state index in [0.717, 1.165) is 5.01 Å². The second kappa shape index (κ2) is 5.75. The molecule has 2 aromatic heterocycles. The third-order valence-corrected chi connectivity index (χ3v) is 3.22. The molecule has 7 heteroatoms. The van der Waals surface area contributed by atoms with Crippen LogP contribution in [0.3, 0.4) is 0 Å². The summed E-state index contributed by atoms with van der Waals surface area (Å²) in [6, 6.07) is 0. The maximum absolute atomic E-state index is 11.2. The highest BCUT2D eigenvalue weighted by Gasteiger charge is 2.15. The molecule has 0 amide bonds. The first kappa shape index (κ1) is 13.4. The maximum Gasteiger partial charge on any atom is 0.356 e.